The van der Waals surface area contributed by atoms with Crippen LogP contribution in [0.4, 0.5) is 0 Å². The Morgan fingerprint density at radius 3 is 1.51 bits per heavy atom. The first-order chi connectivity index (χ1) is 22.0. The lowest BCUT2D eigenvalue weighted by Gasteiger charge is -2.25. The highest BCUT2D eigenvalue weighted by molar-refractivity contribution is 5.89. The molecule has 0 aliphatic rings. The summed E-state index contributed by atoms with van der Waals surface area (Å²) in [5.41, 5.74) is -1.53. The molecule has 0 saturated carbocycles. The van der Waals surface area contributed by atoms with Crippen molar-refractivity contribution in [1.29, 1.82) is 0 Å². The smallest absolute Gasteiger partial charge is 0.320 e. The van der Waals surface area contributed by atoms with Crippen molar-refractivity contribution in [1.82, 2.24) is 16.0 Å². The first-order valence-electron chi connectivity index (χ1n) is 17.3. The lowest BCUT2D eigenvalue weighted by molar-refractivity contribution is -0.139. The molecule has 0 heterocycles. The number of aliphatic hydroxyl groups excluding tert-OH is 1. The fraction of sp³-hybridized carbons (Fsp3) is 0.886. The molecule has 12 heteroatoms. The summed E-state index contributed by atoms with van der Waals surface area (Å²) in [6, 6.07) is -0.743. The molecule has 0 rings (SSSR count). The van der Waals surface area contributed by atoms with E-state index in [1.54, 1.807) is 41.7 Å². The van der Waals surface area contributed by atoms with E-state index in [2.05, 4.69) is 36.7 Å². The number of carbonyl (C=O) groups excluding carboxylic acids is 3. The fourth-order valence-corrected chi connectivity index (χ4v) is 2.78. The van der Waals surface area contributed by atoms with Gasteiger partial charge in [-0.05, 0) is 54.0 Å². The molecular formula is C35H75N3O9. The van der Waals surface area contributed by atoms with E-state index >= 15 is 0 Å². The summed E-state index contributed by atoms with van der Waals surface area (Å²) in [4.78, 5) is 45.5. The van der Waals surface area contributed by atoms with Crippen LogP contribution in [-0.4, -0.2) is 117 Å². The van der Waals surface area contributed by atoms with Crippen LogP contribution in [0.5, 0.6) is 0 Å². The number of hydrogen-bond donors (Lipinski definition) is 5. The van der Waals surface area contributed by atoms with Crippen molar-refractivity contribution in [2.75, 3.05) is 66.4 Å². The van der Waals surface area contributed by atoms with Crippen LogP contribution >= 0.6 is 0 Å². The topological polar surface area (TPSA) is 173 Å². The Kier molecular flexibility index (Phi) is 43.0. The molecule has 0 aromatic heterocycles. The summed E-state index contributed by atoms with van der Waals surface area (Å²) in [6.45, 7) is 27.6. The highest BCUT2D eigenvalue weighted by Gasteiger charge is 2.28. The average molecular weight is 682 g/mol. The number of ether oxygens (including phenoxy) is 3. The van der Waals surface area contributed by atoms with E-state index in [-0.39, 0.29) is 56.6 Å². The minimum absolute atomic E-state index is 0.0316. The van der Waals surface area contributed by atoms with E-state index in [4.69, 9.17) is 24.4 Å². The molecule has 0 aliphatic carbocycles. The van der Waals surface area contributed by atoms with Crippen LogP contribution in [0.25, 0.3) is 0 Å². The van der Waals surface area contributed by atoms with E-state index in [0.717, 1.165) is 5.92 Å². The maximum absolute atomic E-state index is 12.4. The maximum Gasteiger partial charge on any atom is 0.320 e. The van der Waals surface area contributed by atoms with Gasteiger partial charge in [-0.15, -0.1) is 0 Å². The molecule has 284 valence electrons. The zero-order chi connectivity index (χ0) is 37.9. The second-order valence-corrected chi connectivity index (χ2v) is 11.5. The number of carboxylic acids is 1. The third-order valence-corrected chi connectivity index (χ3v) is 6.48. The molecule has 1 unspecified atom stereocenters. The number of carboxylic acid groups (broad SMARTS) is 1. The van der Waals surface area contributed by atoms with Crippen molar-refractivity contribution in [2.45, 2.75) is 133 Å². The van der Waals surface area contributed by atoms with Gasteiger partial charge in [0, 0.05) is 25.9 Å². The van der Waals surface area contributed by atoms with Crippen LogP contribution in [-0.2, 0) is 33.4 Å². The number of aliphatic hydroxyl groups is 1. The van der Waals surface area contributed by atoms with Crippen LogP contribution in [0, 0.1) is 5.92 Å². The molecule has 1 atom stereocenters. The third kappa shape index (κ3) is 38.5. The highest BCUT2D eigenvalue weighted by atomic mass is 16.5. The summed E-state index contributed by atoms with van der Waals surface area (Å²) < 4.78 is 16.0. The van der Waals surface area contributed by atoms with Crippen molar-refractivity contribution in [3.63, 3.8) is 0 Å². The summed E-state index contributed by atoms with van der Waals surface area (Å²) >= 11 is 0. The van der Waals surface area contributed by atoms with Crippen molar-refractivity contribution >= 4 is 23.3 Å². The van der Waals surface area contributed by atoms with Gasteiger partial charge >= 0.3 is 5.97 Å². The Labute approximate surface area is 287 Å². The quantitative estimate of drug-likeness (QED) is 0.0908. The molecule has 5 N–H and O–H groups in total. The lowest BCUT2D eigenvalue weighted by Crippen LogP contribution is -2.49. The number of rotatable bonds is 24. The van der Waals surface area contributed by atoms with Crippen LogP contribution < -0.4 is 16.0 Å². The summed E-state index contributed by atoms with van der Waals surface area (Å²) in [7, 11) is 1.55. The first-order valence-corrected chi connectivity index (χ1v) is 17.3. The van der Waals surface area contributed by atoms with Crippen LogP contribution in [0.3, 0.4) is 0 Å². The zero-order valence-electron chi connectivity index (χ0n) is 32.6. The maximum atomic E-state index is 12.4. The van der Waals surface area contributed by atoms with E-state index in [0.29, 0.717) is 39.3 Å². The van der Waals surface area contributed by atoms with Crippen molar-refractivity contribution in [3.05, 3.63) is 0 Å². The van der Waals surface area contributed by atoms with E-state index in [1.165, 1.54) is 6.42 Å². The molecule has 0 amide bonds. The Morgan fingerprint density at radius 1 is 0.745 bits per heavy atom. The number of nitrogens with one attached hydrogen (secondary N) is 3. The van der Waals surface area contributed by atoms with Gasteiger partial charge < -0.3 is 45.2 Å². The molecule has 0 saturated heterocycles. The number of ketones is 3. The number of carbonyl (C=O) groups is 4. The van der Waals surface area contributed by atoms with Crippen LogP contribution in [0.15, 0.2) is 0 Å². The minimum Gasteiger partial charge on any atom is -0.480 e. The number of hydrogen-bond acceptors (Lipinski definition) is 11. The average Bonchev–Trinajstić information content (AvgIpc) is 3.04. The summed E-state index contributed by atoms with van der Waals surface area (Å²) in [6.07, 6.45) is 2.35. The van der Waals surface area contributed by atoms with Gasteiger partial charge in [0.1, 0.15) is 18.4 Å². The number of likely N-dealkylation sites (N-methyl/N-ethyl adjacent to an activating group) is 1. The predicted octanol–water partition coefficient (Wildman–Crippen LogP) is 4.45. The van der Waals surface area contributed by atoms with Crippen molar-refractivity contribution in [2.24, 2.45) is 5.92 Å². The van der Waals surface area contributed by atoms with Gasteiger partial charge in [-0.1, -0.05) is 61.8 Å². The van der Waals surface area contributed by atoms with E-state index < -0.39 is 23.1 Å². The Morgan fingerprint density at radius 2 is 1.15 bits per heavy atom. The molecule has 12 nitrogen and oxygen atoms in total. The standard InChI is InChI=1S/C22H43N3O8.C5H12.C4H8O.2C2H6/c1-21(2,18(27)7-6-17(23-5)20(29)30)24-9-12-32-14-15-33-16-19(28)22(3,4)25-8-11-31-13-10-26;1-4-5(2)3;1-3-4(2)5;2*1-2/h17,23-26H,6-16H2,1-5H3,(H,29,30);5H,4H2,1-3H3;3H2,1-2H3;2*1-2H3. The van der Waals surface area contributed by atoms with E-state index in [9.17, 15) is 19.2 Å². The SMILES string of the molecule is CC.CC.CCC(C)=O.CCC(C)C.CNC(CCC(=O)C(C)(C)NCCOCCOCC(=O)C(C)(C)NCCOCCO)C(=O)O. The van der Waals surface area contributed by atoms with Gasteiger partial charge in [0.15, 0.2) is 11.6 Å². The minimum atomic E-state index is -0.975. The molecule has 0 radical (unpaired) electrons. The van der Waals surface area contributed by atoms with E-state index in [1.807, 2.05) is 34.6 Å². The Hall–Kier alpha value is -1.80. The van der Waals surface area contributed by atoms with Gasteiger partial charge in [0.05, 0.1) is 50.7 Å². The molecule has 0 spiro atoms. The second kappa shape index (κ2) is 37.0. The molecular weight excluding hydrogens is 606 g/mol. The number of Topliss-reactive ketones (excluding diaryl/α,β-unsaturated/α-hetero) is 3. The molecule has 47 heavy (non-hydrogen) atoms. The van der Waals surface area contributed by atoms with Crippen molar-refractivity contribution in [3.8, 4) is 0 Å². The Bertz CT molecular complexity index is 746. The fourth-order valence-electron chi connectivity index (χ4n) is 2.78. The normalized spacial score (nSPS) is 11.3. The summed E-state index contributed by atoms with van der Waals surface area (Å²) in [5, 5.41) is 26.6. The van der Waals surface area contributed by atoms with Gasteiger partial charge in [0.2, 0.25) is 0 Å². The molecule has 0 aromatic rings. The highest BCUT2D eigenvalue weighted by Crippen LogP contribution is 2.10. The van der Waals surface area contributed by atoms with Gasteiger partial charge in [0.25, 0.3) is 0 Å². The Balaban J connectivity index is -0.000000353. The first kappa shape index (κ1) is 54.6. The molecule has 0 aromatic carbocycles. The molecule has 0 fully saturated rings. The van der Waals surface area contributed by atoms with Gasteiger partial charge in [-0.2, -0.15) is 0 Å². The van der Waals surface area contributed by atoms with Gasteiger partial charge in [-0.3, -0.25) is 14.4 Å². The second-order valence-electron chi connectivity index (χ2n) is 11.5. The summed E-state index contributed by atoms with van der Waals surface area (Å²) in [5.74, 6) is 0.00841. The van der Waals surface area contributed by atoms with Gasteiger partial charge in [-0.25, -0.2) is 0 Å². The molecule has 0 bridgehead atoms. The lowest BCUT2D eigenvalue weighted by atomic mass is 9.94. The third-order valence-electron chi connectivity index (χ3n) is 6.48. The largest absolute Gasteiger partial charge is 0.480 e. The van der Waals surface area contributed by atoms with Crippen LogP contribution in [0.1, 0.15) is 116 Å². The zero-order valence-corrected chi connectivity index (χ0v) is 32.6. The van der Waals surface area contributed by atoms with Crippen molar-refractivity contribution < 1.29 is 43.6 Å². The predicted molar refractivity (Wildman–Crippen MR) is 192 cm³/mol. The molecule has 0 aliphatic heterocycles. The number of aliphatic carboxylic acids is 1. The van der Waals surface area contributed by atoms with Crippen LogP contribution in [0.2, 0.25) is 0 Å². The monoisotopic (exact) mass is 682 g/mol.